The summed E-state index contributed by atoms with van der Waals surface area (Å²) in [4.78, 5) is 24.8. The smallest absolute Gasteiger partial charge is 0.251 e. The minimum atomic E-state index is -3.71. The number of pyridine rings is 1. The molecule has 0 saturated heterocycles. The van der Waals surface area contributed by atoms with Gasteiger partial charge in [-0.2, -0.15) is 4.31 Å². The van der Waals surface area contributed by atoms with Crippen LogP contribution in [0.2, 0.25) is 0 Å². The van der Waals surface area contributed by atoms with Gasteiger partial charge >= 0.3 is 0 Å². The molecule has 2 aromatic rings. The molecular formula is C23H33N3O4S. The summed E-state index contributed by atoms with van der Waals surface area (Å²) >= 11 is 0. The second kappa shape index (κ2) is 10.2. The zero-order valence-corrected chi connectivity index (χ0v) is 19.8. The highest BCUT2D eigenvalue weighted by Crippen LogP contribution is 2.28. The number of aromatic nitrogens is 1. The molecule has 0 fully saturated rings. The van der Waals surface area contributed by atoms with Gasteiger partial charge in [-0.1, -0.05) is 58.0 Å². The zero-order valence-electron chi connectivity index (χ0n) is 19.0. The van der Waals surface area contributed by atoms with Gasteiger partial charge in [0.15, 0.2) is 0 Å². The van der Waals surface area contributed by atoms with Gasteiger partial charge in [0, 0.05) is 31.4 Å². The Morgan fingerprint density at radius 3 is 2.29 bits per heavy atom. The van der Waals surface area contributed by atoms with E-state index in [2.05, 4.69) is 31.3 Å². The lowest BCUT2D eigenvalue weighted by Gasteiger charge is -2.29. The minimum Gasteiger partial charge on any atom is -0.352 e. The van der Waals surface area contributed by atoms with Crippen molar-refractivity contribution in [2.45, 2.75) is 63.9 Å². The van der Waals surface area contributed by atoms with E-state index in [0.29, 0.717) is 19.5 Å². The molecule has 0 radical (unpaired) electrons. The summed E-state index contributed by atoms with van der Waals surface area (Å²) in [7, 11) is -3.71. The van der Waals surface area contributed by atoms with E-state index in [1.54, 1.807) is 13.8 Å². The number of amides is 1. The van der Waals surface area contributed by atoms with Crippen molar-refractivity contribution in [3.63, 3.8) is 0 Å². The Kier molecular flexibility index (Phi) is 8.20. The van der Waals surface area contributed by atoms with Gasteiger partial charge < -0.3 is 9.88 Å². The highest BCUT2D eigenvalue weighted by molar-refractivity contribution is 7.89. The summed E-state index contributed by atoms with van der Waals surface area (Å²) in [6.07, 6.45) is 1.96. The summed E-state index contributed by atoms with van der Waals surface area (Å²) in [6, 6.07) is 12.4. The largest absolute Gasteiger partial charge is 0.352 e. The van der Waals surface area contributed by atoms with Crippen LogP contribution in [-0.4, -0.2) is 42.3 Å². The standard InChI is InChI=1S/C23H33N3O4S/c1-6-26(7-2)31(29,30)20-13-14-22(28)25(16-20)17-21(27)24-18(3)15-23(4,5)19-11-9-8-10-12-19/h8-14,16,18H,6-7,15,17H2,1-5H3,(H,24,27)/t18-/m0/s1. The number of nitrogens with one attached hydrogen (secondary N) is 1. The number of nitrogens with zero attached hydrogens (tertiary/aromatic N) is 2. The van der Waals surface area contributed by atoms with Gasteiger partial charge in [0.05, 0.1) is 4.90 Å². The van der Waals surface area contributed by atoms with Crippen LogP contribution in [0.15, 0.2) is 58.4 Å². The number of rotatable bonds is 10. The molecule has 31 heavy (non-hydrogen) atoms. The number of carbonyl (C=O) groups is 1. The Morgan fingerprint density at radius 2 is 1.71 bits per heavy atom. The molecule has 7 nitrogen and oxygen atoms in total. The summed E-state index contributed by atoms with van der Waals surface area (Å²) in [5.41, 5.74) is 0.621. The summed E-state index contributed by atoms with van der Waals surface area (Å²) in [5, 5.41) is 2.93. The van der Waals surface area contributed by atoms with Crippen LogP contribution in [0, 0.1) is 0 Å². The Bertz CT molecular complexity index is 1040. The van der Waals surface area contributed by atoms with E-state index in [9.17, 15) is 18.0 Å². The minimum absolute atomic E-state index is 0.00172. The van der Waals surface area contributed by atoms with Crippen LogP contribution in [-0.2, 0) is 26.8 Å². The average molecular weight is 448 g/mol. The van der Waals surface area contributed by atoms with E-state index in [1.165, 1.54) is 28.2 Å². The molecule has 1 atom stereocenters. The molecule has 170 valence electrons. The molecule has 1 aromatic heterocycles. The number of carbonyl (C=O) groups excluding carboxylic acids is 1. The molecule has 2 rings (SSSR count). The second-order valence-electron chi connectivity index (χ2n) is 8.34. The van der Waals surface area contributed by atoms with Crippen LogP contribution in [0.5, 0.6) is 0 Å². The first kappa shape index (κ1) is 24.8. The van der Waals surface area contributed by atoms with E-state index < -0.39 is 15.6 Å². The topological polar surface area (TPSA) is 88.5 Å². The normalized spacial score (nSPS) is 13.2. The van der Waals surface area contributed by atoms with Crippen LogP contribution in [0.1, 0.15) is 46.6 Å². The first-order chi connectivity index (χ1) is 14.5. The van der Waals surface area contributed by atoms with Gasteiger partial charge in [0.1, 0.15) is 6.54 Å². The lowest BCUT2D eigenvalue weighted by atomic mass is 9.79. The molecular weight excluding hydrogens is 414 g/mol. The SMILES string of the molecule is CCN(CC)S(=O)(=O)c1ccc(=O)n(CC(=O)N[C@@H](C)CC(C)(C)c2ccccc2)c1. The van der Waals surface area contributed by atoms with Crippen LogP contribution in [0.4, 0.5) is 0 Å². The number of hydrogen-bond donors (Lipinski definition) is 1. The molecule has 0 aliphatic rings. The first-order valence-corrected chi connectivity index (χ1v) is 12.0. The summed E-state index contributed by atoms with van der Waals surface area (Å²) in [6.45, 7) is 10.1. The zero-order chi connectivity index (χ0) is 23.2. The van der Waals surface area contributed by atoms with Crippen molar-refractivity contribution < 1.29 is 13.2 Å². The van der Waals surface area contributed by atoms with Crippen LogP contribution >= 0.6 is 0 Å². The molecule has 0 saturated carbocycles. The number of benzene rings is 1. The van der Waals surface area contributed by atoms with Crippen molar-refractivity contribution >= 4 is 15.9 Å². The van der Waals surface area contributed by atoms with E-state index in [4.69, 9.17) is 0 Å². The lowest BCUT2D eigenvalue weighted by Crippen LogP contribution is -2.40. The predicted octanol–water partition coefficient (Wildman–Crippen LogP) is 2.75. The van der Waals surface area contributed by atoms with Crippen molar-refractivity contribution in [3.8, 4) is 0 Å². The number of hydrogen-bond acceptors (Lipinski definition) is 4. The van der Waals surface area contributed by atoms with Crippen molar-refractivity contribution in [1.82, 2.24) is 14.2 Å². The number of sulfonamides is 1. The molecule has 0 bridgehead atoms. The fraction of sp³-hybridized carbons (Fsp3) is 0.478. The molecule has 1 amide bonds. The fourth-order valence-corrected chi connectivity index (χ4v) is 5.28. The summed E-state index contributed by atoms with van der Waals surface area (Å²) in [5.74, 6) is -0.337. The molecule has 1 aromatic carbocycles. The molecule has 1 N–H and O–H groups in total. The maximum atomic E-state index is 12.7. The third kappa shape index (κ3) is 6.27. The molecule has 8 heteroatoms. The van der Waals surface area contributed by atoms with Crippen molar-refractivity contribution in [1.29, 1.82) is 0 Å². The highest BCUT2D eigenvalue weighted by Gasteiger charge is 2.25. The Hall–Kier alpha value is -2.45. The van der Waals surface area contributed by atoms with Gasteiger partial charge in [-0.25, -0.2) is 8.42 Å². The van der Waals surface area contributed by atoms with Crippen molar-refractivity contribution in [2.75, 3.05) is 13.1 Å². The molecule has 0 aliphatic heterocycles. The Morgan fingerprint density at radius 1 is 1.10 bits per heavy atom. The average Bonchev–Trinajstić information content (AvgIpc) is 2.70. The Labute approximate surface area is 185 Å². The molecule has 0 aliphatic carbocycles. The second-order valence-corrected chi connectivity index (χ2v) is 10.3. The molecule has 0 unspecified atom stereocenters. The van der Waals surface area contributed by atoms with Crippen LogP contribution in [0.25, 0.3) is 0 Å². The lowest BCUT2D eigenvalue weighted by molar-refractivity contribution is -0.122. The van der Waals surface area contributed by atoms with Gasteiger partial charge in [0.2, 0.25) is 15.9 Å². The Balaban J connectivity index is 2.11. The third-order valence-electron chi connectivity index (χ3n) is 5.39. The van der Waals surface area contributed by atoms with Gasteiger partial charge in [-0.15, -0.1) is 0 Å². The van der Waals surface area contributed by atoms with Crippen LogP contribution in [0.3, 0.4) is 0 Å². The van der Waals surface area contributed by atoms with Gasteiger partial charge in [-0.05, 0) is 30.4 Å². The van der Waals surface area contributed by atoms with E-state index in [-0.39, 0.29) is 28.8 Å². The first-order valence-electron chi connectivity index (χ1n) is 10.6. The quantitative estimate of drug-likeness (QED) is 0.607. The fourth-order valence-electron chi connectivity index (χ4n) is 3.80. The van der Waals surface area contributed by atoms with E-state index in [1.807, 2.05) is 25.1 Å². The van der Waals surface area contributed by atoms with Crippen LogP contribution < -0.4 is 10.9 Å². The third-order valence-corrected chi connectivity index (χ3v) is 7.43. The van der Waals surface area contributed by atoms with Crippen molar-refractivity contribution in [3.05, 3.63) is 64.6 Å². The predicted molar refractivity (Wildman–Crippen MR) is 122 cm³/mol. The van der Waals surface area contributed by atoms with Gasteiger partial charge in [-0.3, -0.25) is 9.59 Å². The van der Waals surface area contributed by atoms with Gasteiger partial charge in [0.25, 0.3) is 5.56 Å². The maximum Gasteiger partial charge on any atom is 0.251 e. The maximum absolute atomic E-state index is 12.7. The van der Waals surface area contributed by atoms with E-state index >= 15 is 0 Å². The monoisotopic (exact) mass is 447 g/mol. The van der Waals surface area contributed by atoms with Crippen molar-refractivity contribution in [2.24, 2.45) is 0 Å². The highest BCUT2D eigenvalue weighted by atomic mass is 32.2. The molecule has 0 spiro atoms. The van der Waals surface area contributed by atoms with E-state index in [0.717, 1.165) is 4.57 Å². The summed E-state index contributed by atoms with van der Waals surface area (Å²) < 4.78 is 27.9. The molecule has 1 heterocycles.